The average Bonchev–Trinajstić information content (AvgIpc) is 2.47. The van der Waals surface area contributed by atoms with Crippen LogP contribution in [-0.2, 0) is 0 Å². The van der Waals surface area contributed by atoms with Gasteiger partial charge >= 0.3 is 0 Å². The summed E-state index contributed by atoms with van der Waals surface area (Å²) in [7, 11) is 0. The van der Waals surface area contributed by atoms with Crippen LogP contribution in [-0.4, -0.2) is 31.1 Å². The zero-order valence-corrected chi connectivity index (χ0v) is 7.66. The summed E-state index contributed by atoms with van der Waals surface area (Å²) in [6.07, 6.45) is 10.2. The van der Waals surface area contributed by atoms with Crippen LogP contribution < -0.4 is 5.32 Å². The Bertz CT molecular complexity index is 287. The van der Waals surface area contributed by atoms with Gasteiger partial charge in [0.1, 0.15) is 0 Å². The lowest BCUT2D eigenvalue weighted by atomic mass is 10.3. The molecule has 0 unspecified atom stereocenters. The van der Waals surface area contributed by atoms with Crippen molar-refractivity contribution in [3.8, 4) is 0 Å². The summed E-state index contributed by atoms with van der Waals surface area (Å²) in [5.41, 5.74) is 4.40. The molecule has 2 aliphatic rings. The van der Waals surface area contributed by atoms with E-state index in [4.69, 9.17) is 0 Å². The lowest BCUT2D eigenvalue weighted by Crippen LogP contribution is -2.42. The predicted octanol–water partition coefficient (Wildman–Crippen LogP) is 1.06. The number of rotatable bonds is 1. The molecule has 1 aliphatic heterocycles. The molecule has 2 nitrogen and oxygen atoms in total. The van der Waals surface area contributed by atoms with E-state index in [1.165, 1.54) is 5.70 Å². The third kappa shape index (κ3) is 2.11. The van der Waals surface area contributed by atoms with Crippen LogP contribution >= 0.6 is 0 Å². The van der Waals surface area contributed by atoms with E-state index in [1.54, 1.807) is 0 Å². The zero-order valence-electron chi connectivity index (χ0n) is 7.66. The van der Waals surface area contributed by atoms with Gasteiger partial charge in [-0.1, -0.05) is 12.2 Å². The van der Waals surface area contributed by atoms with E-state index in [1.807, 2.05) is 18.2 Å². The van der Waals surface area contributed by atoms with Gasteiger partial charge in [-0.25, -0.2) is 0 Å². The molecule has 1 fully saturated rings. The molecule has 13 heavy (non-hydrogen) atoms. The number of hydrogen-bond donors (Lipinski definition) is 1. The van der Waals surface area contributed by atoms with Crippen LogP contribution in [0, 0.1) is 0 Å². The first kappa shape index (κ1) is 8.36. The van der Waals surface area contributed by atoms with Crippen LogP contribution in [0.3, 0.4) is 0 Å². The predicted molar refractivity (Wildman–Crippen MR) is 54.3 cm³/mol. The third-order valence-corrected chi connectivity index (χ3v) is 2.28. The van der Waals surface area contributed by atoms with Gasteiger partial charge in [-0.05, 0) is 12.2 Å². The monoisotopic (exact) mass is 174 g/mol. The van der Waals surface area contributed by atoms with Crippen molar-refractivity contribution in [1.82, 2.24) is 10.2 Å². The second-order valence-corrected chi connectivity index (χ2v) is 3.19. The Kier molecular flexibility index (Phi) is 2.65. The largest absolute Gasteiger partial charge is 0.368 e. The van der Waals surface area contributed by atoms with Crippen LogP contribution in [0.25, 0.3) is 0 Å². The highest BCUT2D eigenvalue weighted by Crippen LogP contribution is 2.08. The van der Waals surface area contributed by atoms with E-state index in [2.05, 4.69) is 28.1 Å². The minimum Gasteiger partial charge on any atom is -0.368 e. The Balaban J connectivity index is 2.10. The fourth-order valence-electron chi connectivity index (χ4n) is 1.57. The maximum absolute atomic E-state index is 3.34. The molecule has 0 aromatic heterocycles. The normalized spacial score (nSPS) is 21.5. The molecule has 0 bridgehead atoms. The molecule has 0 amide bonds. The second-order valence-electron chi connectivity index (χ2n) is 3.19. The molecule has 1 heterocycles. The lowest BCUT2D eigenvalue weighted by molar-refractivity contribution is 0.307. The molecule has 68 valence electrons. The van der Waals surface area contributed by atoms with E-state index in [0.29, 0.717) is 0 Å². The van der Waals surface area contributed by atoms with Crippen molar-refractivity contribution in [2.24, 2.45) is 0 Å². The summed E-state index contributed by atoms with van der Waals surface area (Å²) in [6.45, 7) is 4.35. The van der Waals surface area contributed by atoms with Crippen LogP contribution in [0.5, 0.6) is 0 Å². The lowest BCUT2D eigenvalue weighted by Gasteiger charge is -2.29. The molecule has 1 aliphatic carbocycles. The standard InChI is InChI=1S/C11H14N2/c1-2-4-6-11(5-3-1)13-9-7-12-8-10-13/h1-3,5-6,12H,7-10H2. The average molecular weight is 174 g/mol. The fraction of sp³-hybridized carbons (Fsp3) is 0.364. The highest BCUT2D eigenvalue weighted by Gasteiger charge is 2.09. The maximum atomic E-state index is 3.34. The van der Waals surface area contributed by atoms with Gasteiger partial charge in [0.15, 0.2) is 0 Å². The SMILES string of the molecule is C1=CC=CC=C(N2CCNCC2)C=1. The van der Waals surface area contributed by atoms with E-state index >= 15 is 0 Å². The first-order chi connectivity index (χ1) is 6.47. The Hall–Kier alpha value is -1.24. The Labute approximate surface area is 78.9 Å². The van der Waals surface area contributed by atoms with E-state index in [-0.39, 0.29) is 0 Å². The Morgan fingerprint density at radius 3 is 2.92 bits per heavy atom. The molecular formula is C11H14N2. The maximum Gasteiger partial charge on any atom is 0.0445 e. The van der Waals surface area contributed by atoms with Crippen LogP contribution in [0.4, 0.5) is 0 Å². The molecule has 2 heteroatoms. The van der Waals surface area contributed by atoms with Crippen molar-refractivity contribution in [3.63, 3.8) is 0 Å². The molecular weight excluding hydrogens is 160 g/mol. The van der Waals surface area contributed by atoms with Crippen molar-refractivity contribution in [3.05, 3.63) is 41.8 Å². The Morgan fingerprint density at radius 1 is 1.23 bits per heavy atom. The molecule has 0 aromatic carbocycles. The van der Waals surface area contributed by atoms with Gasteiger partial charge in [0.05, 0.1) is 0 Å². The van der Waals surface area contributed by atoms with Crippen molar-refractivity contribution in [2.75, 3.05) is 26.2 Å². The van der Waals surface area contributed by atoms with Gasteiger partial charge in [0, 0.05) is 38.0 Å². The van der Waals surface area contributed by atoms with Crippen LogP contribution in [0.2, 0.25) is 0 Å². The molecule has 0 spiro atoms. The van der Waals surface area contributed by atoms with Gasteiger partial charge in [-0.3, -0.25) is 0 Å². The molecule has 2 rings (SSSR count). The highest BCUT2D eigenvalue weighted by atomic mass is 15.2. The molecule has 1 N–H and O–H groups in total. The van der Waals surface area contributed by atoms with Crippen molar-refractivity contribution < 1.29 is 0 Å². The van der Waals surface area contributed by atoms with E-state index in [0.717, 1.165) is 26.2 Å². The molecule has 0 saturated carbocycles. The quantitative estimate of drug-likeness (QED) is 0.598. The third-order valence-electron chi connectivity index (χ3n) is 2.28. The van der Waals surface area contributed by atoms with E-state index in [9.17, 15) is 0 Å². The molecule has 1 saturated heterocycles. The Morgan fingerprint density at radius 2 is 2.08 bits per heavy atom. The van der Waals surface area contributed by atoms with Gasteiger partial charge in [-0.15, -0.1) is 5.73 Å². The summed E-state index contributed by atoms with van der Waals surface area (Å²) in [5, 5.41) is 3.34. The number of hydrogen-bond acceptors (Lipinski definition) is 2. The number of nitrogens with zero attached hydrogens (tertiary/aromatic N) is 1. The van der Waals surface area contributed by atoms with Crippen molar-refractivity contribution >= 4 is 0 Å². The van der Waals surface area contributed by atoms with Gasteiger partial charge < -0.3 is 10.2 Å². The molecule has 0 aromatic rings. The van der Waals surface area contributed by atoms with E-state index < -0.39 is 0 Å². The molecule has 0 radical (unpaired) electrons. The van der Waals surface area contributed by atoms with Gasteiger partial charge in [0.2, 0.25) is 0 Å². The summed E-state index contributed by atoms with van der Waals surface area (Å²) in [5.74, 6) is 0. The first-order valence-corrected chi connectivity index (χ1v) is 4.72. The van der Waals surface area contributed by atoms with Crippen molar-refractivity contribution in [1.29, 1.82) is 0 Å². The summed E-state index contributed by atoms with van der Waals surface area (Å²) in [6, 6.07) is 0. The minimum atomic E-state index is 1.08. The summed E-state index contributed by atoms with van der Waals surface area (Å²) in [4.78, 5) is 2.38. The fourth-order valence-corrected chi connectivity index (χ4v) is 1.57. The number of piperazine rings is 1. The highest BCUT2D eigenvalue weighted by molar-refractivity contribution is 5.28. The number of allylic oxidation sites excluding steroid dienone is 4. The van der Waals surface area contributed by atoms with Gasteiger partial charge in [-0.2, -0.15) is 0 Å². The summed E-state index contributed by atoms with van der Waals surface area (Å²) >= 11 is 0. The number of nitrogens with one attached hydrogen (secondary N) is 1. The minimum absolute atomic E-state index is 1.08. The molecule has 0 atom stereocenters. The smallest absolute Gasteiger partial charge is 0.0445 e. The second kappa shape index (κ2) is 4.13. The summed E-state index contributed by atoms with van der Waals surface area (Å²) < 4.78 is 0. The first-order valence-electron chi connectivity index (χ1n) is 4.72. The van der Waals surface area contributed by atoms with Crippen LogP contribution in [0.15, 0.2) is 41.8 Å². The van der Waals surface area contributed by atoms with Crippen LogP contribution in [0.1, 0.15) is 0 Å². The van der Waals surface area contributed by atoms with Crippen molar-refractivity contribution in [2.45, 2.75) is 0 Å². The topological polar surface area (TPSA) is 15.3 Å². The van der Waals surface area contributed by atoms with Gasteiger partial charge in [0.25, 0.3) is 0 Å². The zero-order chi connectivity index (χ0) is 8.93.